The molecule has 0 saturated carbocycles. The van der Waals surface area contributed by atoms with Gasteiger partial charge in [-0.15, -0.1) is 0 Å². The fraction of sp³-hybridized carbons (Fsp3) is 1.00. The zero-order valence-electron chi connectivity index (χ0n) is 13.2. The highest BCUT2D eigenvalue weighted by Gasteiger charge is 2.54. The Bertz CT molecular complexity index is 358. The molecule has 5 heteroatoms. The molecule has 2 fully saturated rings. The molecule has 2 aliphatic rings. The second-order valence-electron chi connectivity index (χ2n) is 7.17. The summed E-state index contributed by atoms with van der Waals surface area (Å²) >= 11 is 0. The van der Waals surface area contributed by atoms with Crippen molar-refractivity contribution in [2.75, 3.05) is 13.2 Å². The molecule has 0 aromatic carbocycles. The molecule has 2 rings (SSSR count). The first kappa shape index (κ1) is 16.2. The highest BCUT2D eigenvalue weighted by molar-refractivity contribution is 5.01. The standard InChI is InChI=1S/C15H28O5/c1-10(8-16)12(17)14(4)7-6-11(19-14)15(5)9-18-13(2,3)20-15/h10-12,16-17H,6-9H2,1-5H3/t10-,11+,12-,14-,15-/m0/s1. The zero-order chi connectivity index (χ0) is 15.2. The van der Waals surface area contributed by atoms with E-state index in [2.05, 4.69) is 0 Å². The largest absolute Gasteiger partial charge is 0.396 e. The van der Waals surface area contributed by atoms with Crippen molar-refractivity contribution in [1.82, 2.24) is 0 Å². The second-order valence-corrected chi connectivity index (χ2v) is 7.17. The Morgan fingerprint density at radius 2 is 1.90 bits per heavy atom. The van der Waals surface area contributed by atoms with E-state index in [0.717, 1.165) is 12.8 Å². The van der Waals surface area contributed by atoms with Gasteiger partial charge in [-0.3, -0.25) is 0 Å². The molecule has 0 amide bonds. The molecule has 0 aliphatic carbocycles. The highest BCUT2D eigenvalue weighted by Crippen LogP contribution is 2.44. The maximum atomic E-state index is 10.4. The van der Waals surface area contributed by atoms with E-state index in [9.17, 15) is 10.2 Å². The SMILES string of the molecule is C[C@@H](CO)[C@H](O)[C@]1(C)CC[C@H]([C@]2(C)COC(C)(C)O2)O1. The van der Waals surface area contributed by atoms with Gasteiger partial charge in [-0.25, -0.2) is 0 Å². The van der Waals surface area contributed by atoms with Crippen molar-refractivity contribution in [3.8, 4) is 0 Å². The summed E-state index contributed by atoms with van der Waals surface area (Å²) < 4.78 is 17.8. The molecule has 2 N–H and O–H groups in total. The van der Waals surface area contributed by atoms with Crippen LogP contribution in [0.4, 0.5) is 0 Å². The number of rotatable bonds is 4. The van der Waals surface area contributed by atoms with Crippen LogP contribution in [-0.2, 0) is 14.2 Å². The number of hydrogen-bond donors (Lipinski definition) is 2. The zero-order valence-corrected chi connectivity index (χ0v) is 13.2. The first-order valence-corrected chi connectivity index (χ1v) is 7.43. The van der Waals surface area contributed by atoms with Crippen LogP contribution in [0.1, 0.15) is 47.5 Å². The molecule has 0 aromatic heterocycles. The maximum absolute atomic E-state index is 10.4. The van der Waals surface area contributed by atoms with E-state index in [1.54, 1.807) is 0 Å². The molecule has 118 valence electrons. The lowest BCUT2D eigenvalue weighted by molar-refractivity contribution is -0.205. The lowest BCUT2D eigenvalue weighted by atomic mass is 9.87. The number of aliphatic hydroxyl groups is 2. The van der Waals surface area contributed by atoms with E-state index in [4.69, 9.17) is 14.2 Å². The minimum Gasteiger partial charge on any atom is -0.396 e. The molecular weight excluding hydrogens is 260 g/mol. The van der Waals surface area contributed by atoms with Crippen LogP contribution in [-0.4, -0.2) is 52.6 Å². The Kier molecular flexibility index (Phi) is 4.22. The van der Waals surface area contributed by atoms with E-state index >= 15 is 0 Å². The third kappa shape index (κ3) is 2.88. The highest BCUT2D eigenvalue weighted by atomic mass is 16.8. The summed E-state index contributed by atoms with van der Waals surface area (Å²) in [5.74, 6) is -0.794. The van der Waals surface area contributed by atoms with Crippen molar-refractivity contribution >= 4 is 0 Å². The van der Waals surface area contributed by atoms with Gasteiger partial charge in [0.15, 0.2) is 5.79 Å². The van der Waals surface area contributed by atoms with Gasteiger partial charge in [0.1, 0.15) is 5.60 Å². The second kappa shape index (κ2) is 5.21. The van der Waals surface area contributed by atoms with E-state index in [-0.39, 0.29) is 18.6 Å². The van der Waals surface area contributed by atoms with Gasteiger partial charge >= 0.3 is 0 Å². The third-order valence-corrected chi connectivity index (χ3v) is 4.63. The summed E-state index contributed by atoms with van der Waals surface area (Å²) in [4.78, 5) is 0. The summed E-state index contributed by atoms with van der Waals surface area (Å²) in [6.07, 6.45) is 0.788. The molecule has 5 nitrogen and oxygen atoms in total. The van der Waals surface area contributed by atoms with Crippen LogP contribution in [0.2, 0.25) is 0 Å². The number of hydrogen-bond acceptors (Lipinski definition) is 5. The van der Waals surface area contributed by atoms with E-state index in [0.29, 0.717) is 6.61 Å². The first-order valence-electron chi connectivity index (χ1n) is 7.43. The van der Waals surface area contributed by atoms with E-state index < -0.39 is 23.1 Å². The van der Waals surface area contributed by atoms with E-state index in [1.807, 2.05) is 34.6 Å². The summed E-state index contributed by atoms with van der Waals surface area (Å²) in [5, 5.41) is 19.6. The molecule has 20 heavy (non-hydrogen) atoms. The van der Waals surface area contributed by atoms with Crippen LogP contribution in [0.5, 0.6) is 0 Å². The molecule has 2 aliphatic heterocycles. The van der Waals surface area contributed by atoms with Crippen molar-refractivity contribution in [2.24, 2.45) is 5.92 Å². The van der Waals surface area contributed by atoms with Crippen LogP contribution in [0, 0.1) is 5.92 Å². The fourth-order valence-electron chi connectivity index (χ4n) is 3.31. The van der Waals surface area contributed by atoms with Gasteiger partial charge < -0.3 is 24.4 Å². The van der Waals surface area contributed by atoms with Gasteiger partial charge in [0, 0.05) is 12.5 Å². The molecule has 0 aromatic rings. The fourth-order valence-corrected chi connectivity index (χ4v) is 3.31. The summed E-state index contributed by atoms with van der Waals surface area (Å²) in [6, 6.07) is 0. The lowest BCUT2D eigenvalue weighted by Gasteiger charge is -2.36. The van der Waals surface area contributed by atoms with Crippen LogP contribution in [0.25, 0.3) is 0 Å². The Labute approximate surface area is 121 Å². The Morgan fingerprint density at radius 1 is 1.25 bits per heavy atom. The van der Waals surface area contributed by atoms with Gasteiger partial charge in [-0.2, -0.15) is 0 Å². The van der Waals surface area contributed by atoms with E-state index in [1.165, 1.54) is 0 Å². The summed E-state index contributed by atoms with van der Waals surface area (Å²) in [5.41, 5.74) is -1.12. The first-order chi connectivity index (χ1) is 9.12. The van der Waals surface area contributed by atoms with Crippen molar-refractivity contribution in [2.45, 2.75) is 76.7 Å². The summed E-state index contributed by atoms with van der Waals surface area (Å²) in [7, 11) is 0. The third-order valence-electron chi connectivity index (χ3n) is 4.63. The average Bonchev–Trinajstić information content (AvgIpc) is 2.90. The minimum atomic E-state index is -0.684. The van der Waals surface area contributed by atoms with Gasteiger partial charge in [-0.05, 0) is 40.5 Å². The van der Waals surface area contributed by atoms with Crippen LogP contribution < -0.4 is 0 Å². The predicted molar refractivity (Wildman–Crippen MR) is 74.3 cm³/mol. The molecule has 0 radical (unpaired) electrons. The Morgan fingerprint density at radius 3 is 2.40 bits per heavy atom. The molecule has 0 unspecified atom stereocenters. The maximum Gasteiger partial charge on any atom is 0.163 e. The van der Waals surface area contributed by atoms with Gasteiger partial charge in [0.25, 0.3) is 0 Å². The van der Waals surface area contributed by atoms with Gasteiger partial charge in [0.05, 0.1) is 24.4 Å². The Balaban J connectivity index is 2.05. The van der Waals surface area contributed by atoms with Crippen LogP contribution in [0.3, 0.4) is 0 Å². The van der Waals surface area contributed by atoms with Crippen LogP contribution >= 0.6 is 0 Å². The monoisotopic (exact) mass is 288 g/mol. The normalized spacial score (nSPS) is 43.6. The average molecular weight is 288 g/mol. The molecule has 0 bridgehead atoms. The van der Waals surface area contributed by atoms with Crippen molar-refractivity contribution < 1.29 is 24.4 Å². The quantitative estimate of drug-likeness (QED) is 0.819. The molecular formula is C15H28O5. The van der Waals surface area contributed by atoms with Gasteiger partial charge in [-0.1, -0.05) is 6.92 Å². The number of ether oxygens (including phenoxy) is 3. The number of aliphatic hydroxyl groups excluding tert-OH is 2. The van der Waals surface area contributed by atoms with Gasteiger partial charge in [0.2, 0.25) is 0 Å². The topological polar surface area (TPSA) is 68.2 Å². The van der Waals surface area contributed by atoms with Crippen molar-refractivity contribution in [1.29, 1.82) is 0 Å². The van der Waals surface area contributed by atoms with Crippen molar-refractivity contribution in [3.63, 3.8) is 0 Å². The smallest absolute Gasteiger partial charge is 0.163 e. The predicted octanol–water partition coefficient (Wildman–Crippen LogP) is 1.45. The molecule has 2 saturated heterocycles. The molecule has 2 heterocycles. The molecule has 5 atom stereocenters. The van der Waals surface area contributed by atoms with Crippen LogP contribution in [0.15, 0.2) is 0 Å². The minimum absolute atomic E-state index is 0.0469. The lowest BCUT2D eigenvalue weighted by Crippen LogP contribution is -2.48. The van der Waals surface area contributed by atoms with Crippen molar-refractivity contribution in [3.05, 3.63) is 0 Å². The Hall–Kier alpha value is -0.200. The molecule has 0 spiro atoms. The summed E-state index contributed by atoms with van der Waals surface area (Å²) in [6.45, 7) is 9.98.